The van der Waals surface area contributed by atoms with Gasteiger partial charge in [0.2, 0.25) is 6.54 Å². The summed E-state index contributed by atoms with van der Waals surface area (Å²) in [5, 5.41) is 3.95. The summed E-state index contributed by atoms with van der Waals surface area (Å²) >= 11 is 3.41. The van der Waals surface area contributed by atoms with Crippen molar-refractivity contribution in [2.24, 2.45) is 5.10 Å². The maximum atomic E-state index is 11.8. The lowest BCUT2D eigenvalue weighted by atomic mass is 10.2. The van der Waals surface area contributed by atoms with Gasteiger partial charge in [0.05, 0.1) is 24.9 Å². The molecular weight excluding hydrogens is 362 g/mol. The standard InChI is InChI=1S/C16H16BrN3O3/c1-22-14-9-12(8-13(17)16(14)23-2)10-18-19-15(21)11-20-6-4-3-5-7-20/h3-10H,11H2,1-2H3/p+1/b18-10-. The van der Waals surface area contributed by atoms with Crippen LogP contribution in [0.5, 0.6) is 11.5 Å². The first-order chi connectivity index (χ1) is 11.1. The summed E-state index contributed by atoms with van der Waals surface area (Å²) in [5.41, 5.74) is 3.25. The van der Waals surface area contributed by atoms with Crippen LogP contribution in [0.4, 0.5) is 0 Å². The largest absolute Gasteiger partial charge is 0.493 e. The van der Waals surface area contributed by atoms with E-state index in [-0.39, 0.29) is 12.5 Å². The molecule has 23 heavy (non-hydrogen) atoms. The summed E-state index contributed by atoms with van der Waals surface area (Å²) < 4.78 is 13.0. The van der Waals surface area contributed by atoms with Crippen molar-refractivity contribution in [3.05, 3.63) is 52.8 Å². The second-order valence-corrected chi connectivity index (χ2v) is 5.43. The van der Waals surface area contributed by atoms with E-state index in [1.807, 2.05) is 36.7 Å². The first kappa shape index (κ1) is 17.0. The number of pyridine rings is 1. The fourth-order valence-electron chi connectivity index (χ4n) is 1.93. The van der Waals surface area contributed by atoms with Crippen LogP contribution in [0.3, 0.4) is 0 Å². The van der Waals surface area contributed by atoms with E-state index in [0.717, 1.165) is 10.0 Å². The number of halogens is 1. The molecule has 0 saturated heterocycles. The first-order valence-electron chi connectivity index (χ1n) is 6.81. The van der Waals surface area contributed by atoms with E-state index in [2.05, 4.69) is 26.5 Å². The van der Waals surface area contributed by atoms with Crippen molar-refractivity contribution in [2.75, 3.05) is 14.2 Å². The number of amides is 1. The van der Waals surface area contributed by atoms with Crippen molar-refractivity contribution in [2.45, 2.75) is 6.54 Å². The van der Waals surface area contributed by atoms with Crippen LogP contribution in [0.1, 0.15) is 5.56 Å². The molecule has 2 rings (SSSR count). The average Bonchev–Trinajstić information content (AvgIpc) is 2.55. The summed E-state index contributed by atoms with van der Waals surface area (Å²) in [5.74, 6) is 0.973. The van der Waals surface area contributed by atoms with Crippen LogP contribution in [0.25, 0.3) is 0 Å². The van der Waals surface area contributed by atoms with Gasteiger partial charge in [-0.15, -0.1) is 0 Å². The van der Waals surface area contributed by atoms with Gasteiger partial charge < -0.3 is 9.47 Å². The lowest BCUT2D eigenvalue weighted by Crippen LogP contribution is -2.40. The van der Waals surface area contributed by atoms with Crippen molar-refractivity contribution in [1.29, 1.82) is 0 Å². The Kier molecular flexibility index (Phi) is 6.10. The van der Waals surface area contributed by atoms with Crippen LogP contribution in [0, 0.1) is 0 Å². The van der Waals surface area contributed by atoms with Gasteiger partial charge in [-0.25, -0.2) is 5.43 Å². The van der Waals surface area contributed by atoms with E-state index in [4.69, 9.17) is 9.47 Å². The maximum absolute atomic E-state index is 11.8. The SMILES string of the molecule is COc1cc(/C=N\NC(=O)C[n+]2ccccc2)cc(Br)c1OC. The van der Waals surface area contributed by atoms with E-state index >= 15 is 0 Å². The molecule has 0 unspecified atom stereocenters. The second kappa shape index (κ2) is 8.28. The van der Waals surface area contributed by atoms with Crippen molar-refractivity contribution < 1.29 is 18.8 Å². The fraction of sp³-hybridized carbons (Fsp3) is 0.188. The van der Waals surface area contributed by atoms with Crippen LogP contribution >= 0.6 is 15.9 Å². The monoisotopic (exact) mass is 378 g/mol. The zero-order valence-corrected chi connectivity index (χ0v) is 14.4. The molecule has 0 saturated carbocycles. The molecule has 7 heteroatoms. The molecule has 2 aromatic rings. The van der Waals surface area contributed by atoms with Crippen LogP contribution in [0.15, 0.2) is 52.3 Å². The van der Waals surface area contributed by atoms with E-state index in [1.54, 1.807) is 31.1 Å². The van der Waals surface area contributed by atoms with Gasteiger partial charge in [0.15, 0.2) is 23.9 Å². The third kappa shape index (κ3) is 4.79. The van der Waals surface area contributed by atoms with E-state index in [0.29, 0.717) is 11.5 Å². The minimum Gasteiger partial charge on any atom is -0.493 e. The fourth-order valence-corrected chi connectivity index (χ4v) is 2.55. The number of methoxy groups -OCH3 is 2. The number of nitrogens with one attached hydrogen (secondary N) is 1. The molecule has 0 aliphatic carbocycles. The number of hydrogen-bond donors (Lipinski definition) is 1. The van der Waals surface area contributed by atoms with Gasteiger partial charge in [0.25, 0.3) is 0 Å². The molecule has 1 amide bonds. The third-order valence-corrected chi connectivity index (χ3v) is 3.55. The van der Waals surface area contributed by atoms with Gasteiger partial charge in [-0.2, -0.15) is 9.67 Å². The Balaban J connectivity index is 2.00. The second-order valence-electron chi connectivity index (χ2n) is 4.58. The van der Waals surface area contributed by atoms with Gasteiger partial charge in [-0.3, -0.25) is 4.79 Å². The number of hydrazone groups is 1. The van der Waals surface area contributed by atoms with Gasteiger partial charge in [0.1, 0.15) is 0 Å². The molecule has 0 spiro atoms. The third-order valence-electron chi connectivity index (χ3n) is 2.96. The highest BCUT2D eigenvalue weighted by atomic mass is 79.9. The number of benzene rings is 1. The summed E-state index contributed by atoms with van der Waals surface area (Å²) in [7, 11) is 3.13. The van der Waals surface area contributed by atoms with Gasteiger partial charge in [0, 0.05) is 12.1 Å². The Hall–Kier alpha value is -2.41. The lowest BCUT2D eigenvalue weighted by molar-refractivity contribution is -0.684. The van der Waals surface area contributed by atoms with E-state index < -0.39 is 0 Å². The number of carbonyl (C=O) groups is 1. The number of hydrogen-bond acceptors (Lipinski definition) is 4. The number of ether oxygens (including phenoxy) is 2. The van der Waals surface area contributed by atoms with Crippen molar-refractivity contribution in [1.82, 2.24) is 5.43 Å². The summed E-state index contributed by atoms with van der Waals surface area (Å²) in [4.78, 5) is 11.8. The Labute approximate surface area is 142 Å². The molecule has 1 aromatic carbocycles. The maximum Gasteiger partial charge on any atom is 0.305 e. The zero-order valence-electron chi connectivity index (χ0n) is 12.8. The summed E-state index contributed by atoms with van der Waals surface area (Å²) in [6, 6.07) is 9.20. The number of rotatable bonds is 6. The van der Waals surface area contributed by atoms with E-state index in [9.17, 15) is 4.79 Å². The number of aromatic nitrogens is 1. The minimum atomic E-state index is -0.211. The molecule has 1 N–H and O–H groups in total. The molecule has 0 fully saturated rings. The Morgan fingerprint density at radius 1 is 1.26 bits per heavy atom. The van der Waals surface area contributed by atoms with Gasteiger partial charge in [-0.1, -0.05) is 6.07 Å². The normalized spacial score (nSPS) is 10.6. The van der Waals surface area contributed by atoms with E-state index in [1.165, 1.54) is 0 Å². The van der Waals surface area contributed by atoms with Crippen LogP contribution in [0.2, 0.25) is 0 Å². The molecule has 1 aromatic heterocycles. The molecule has 0 aliphatic rings. The minimum absolute atomic E-state index is 0.202. The van der Waals surface area contributed by atoms with Gasteiger partial charge >= 0.3 is 5.91 Å². The quantitative estimate of drug-likeness (QED) is 0.474. The van der Waals surface area contributed by atoms with Crippen LogP contribution in [-0.2, 0) is 11.3 Å². The predicted octanol–water partition coefficient (Wildman–Crippen LogP) is 1.90. The molecule has 0 aliphatic heterocycles. The first-order valence-corrected chi connectivity index (χ1v) is 7.61. The van der Waals surface area contributed by atoms with Crippen molar-refractivity contribution in [3.8, 4) is 11.5 Å². The molecule has 6 nitrogen and oxygen atoms in total. The summed E-state index contributed by atoms with van der Waals surface area (Å²) in [6.45, 7) is 0.202. The zero-order chi connectivity index (χ0) is 16.7. The highest BCUT2D eigenvalue weighted by Crippen LogP contribution is 2.35. The molecule has 1 heterocycles. The van der Waals surface area contributed by atoms with Crippen LogP contribution < -0.4 is 19.5 Å². The highest BCUT2D eigenvalue weighted by molar-refractivity contribution is 9.10. The number of carbonyl (C=O) groups excluding carboxylic acids is 1. The van der Waals surface area contributed by atoms with Crippen LogP contribution in [-0.4, -0.2) is 26.3 Å². The molecular formula is C16H17BrN3O3+. The smallest absolute Gasteiger partial charge is 0.305 e. The Morgan fingerprint density at radius 3 is 2.65 bits per heavy atom. The summed E-state index contributed by atoms with van der Waals surface area (Å²) in [6.07, 6.45) is 5.17. The molecule has 120 valence electrons. The van der Waals surface area contributed by atoms with Crippen molar-refractivity contribution >= 4 is 28.1 Å². The number of nitrogens with zero attached hydrogens (tertiary/aromatic N) is 2. The predicted molar refractivity (Wildman–Crippen MR) is 89.6 cm³/mol. The Bertz CT molecular complexity index is 705. The topological polar surface area (TPSA) is 63.8 Å². The Morgan fingerprint density at radius 2 is 2.00 bits per heavy atom. The molecule has 0 bridgehead atoms. The van der Waals surface area contributed by atoms with Gasteiger partial charge in [-0.05, 0) is 33.6 Å². The highest BCUT2D eigenvalue weighted by Gasteiger charge is 2.10. The molecule has 0 radical (unpaired) electrons. The van der Waals surface area contributed by atoms with Crippen molar-refractivity contribution in [3.63, 3.8) is 0 Å². The lowest BCUT2D eigenvalue weighted by Gasteiger charge is -2.10. The average molecular weight is 379 g/mol. The molecule has 0 atom stereocenters.